The summed E-state index contributed by atoms with van der Waals surface area (Å²) in [6.45, 7) is 0. The summed E-state index contributed by atoms with van der Waals surface area (Å²) < 4.78 is 5.07. The van der Waals surface area contributed by atoms with Gasteiger partial charge in [-0.1, -0.05) is 12.1 Å². The van der Waals surface area contributed by atoms with Crippen LogP contribution in [0.1, 0.15) is 24.0 Å². The minimum atomic E-state index is -0.117. The van der Waals surface area contributed by atoms with E-state index >= 15 is 0 Å². The number of aromatic hydroxyl groups is 1. The van der Waals surface area contributed by atoms with Crippen molar-refractivity contribution in [2.45, 2.75) is 19.3 Å². The number of aryl methyl sites for hydroxylation is 1. The molecule has 0 aliphatic heterocycles. The number of ether oxygens (including phenoxy) is 1. The lowest BCUT2D eigenvalue weighted by atomic mass is 10.1. The van der Waals surface area contributed by atoms with Gasteiger partial charge in [-0.3, -0.25) is 4.79 Å². The number of hydrazone groups is 1. The van der Waals surface area contributed by atoms with Crippen molar-refractivity contribution in [3.8, 4) is 11.5 Å². The summed E-state index contributed by atoms with van der Waals surface area (Å²) in [5.74, 6) is 0.910. The molecule has 2 aromatic rings. The number of benzene rings is 2. The second-order valence-corrected chi connectivity index (χ2v) is 5.09. The number of nitrogens with zero attached hydrogens (tertiary/aromatic N) is 1. The maximum Gasteiger partial charge on any atom is 0.240 e. The zero-order valence-corrected chi connectivity index (χ0v) is 13.0. The van der Waals surface area contributed by atoms with Gasteiger partial charge < -0.3 is 9.84 Å². The fourth-order valence-corrected chi connectivity index (χ4v) is 2.04. The van der Waals surface area contributed by atoms with Crippen molar-refractivity contribution in [1.29, 1.82) is 0 Å². The van der Waals surface area contributed by atoms with E-state index < -0.39 is 0 Å². The van der Waals surface area contributed by atoms with Crippen molar-refractivity contribution < 1.29 is 14.6 Å². The minimum Gasteiger partial charge on any atom is -0.508 e. The van der Waals surface area contributed by atoms with Gasteiger partial charge in [-0.15, -0.1) is 0 Å². The monoisotopic (exact) mass is 312 g/mol. The lowest BCUT2D eigenvalue weighted by Crippen LogP contribution is -2.17. The van der Waals surface area contributed by atoms with Crippen LogP contribution in [0.15, 0.2) is 53.6 Å². The van der Waals surface area contributed by atoms with Crippen LogP contribution in [0.4, 0.5) is 0 Å². The van der Waals surface area contributed by atoms with E-state index in [1.807, 2.05) is 36.4 Å². The lowest BCUT2D eigenvalue weighted by Gasteiger charge is -2.02. The van der Waals surface area contributed by atoms with Crippen LogP contribution in [0.3, 0.4) is 0 Å². The molecule has 0 fully saturated rings. The zero-order chi connectivity index (χ0) is 16.5. The topological polar surface area (TPSA) is 70.9 Å². The van der Waals surface area contributed by atoms with E-state index in [4.69, 9.17) is 4.74 Å². The fourth-order valence-electron chi connectivity index (χ4n) is 2.04. The summed E-state index contributed by atoms with van der Waals surface area (Å²) in [6.07, 6.45) is 3.52. The molecule has 0 heterocycles. The third-order valence-electron chi connectivity index (χ3n) is 3.32. The van der Waals surface area contributed by atoms with Gasteiger partial charge in [-0.25, -0.2) is 5.43 Å². The van der Waals surface area contributed by atoms with Gasteiger partial charge in [0.25, 0.3) is 0 Å². The molecule has 0 unspecified atom stereocenters. The van der Waals surface area contributed by atoms with Crippen LogP contribution in [-0.4, -0.2) is 24.3 Å². The Morgan fingerprint density at radius 1 is 1.17 bits per heavy atom. The molecule has 0 saturated heterocycles. The van der Waals surface area contributed by atoms with Crippen molar-refractivity contribution in [2.24, 2.45) is 5.10 Å². The van der Waals surface area contributed by atoms with Crippen LogP contribution in [0.25, 0.3) is 0 Å². The second kappa shape index (κ2) is 8.58. The molecule has 1 amide bonds. The fraction of sp³-hybridized carbons (Fsp3) is 0.222. The number of nitrogens with one attached hydrogen (secondary N) is 1. The van der Waals surface area contributed by atoms with Gasteiger partial charge in [-0.2, -0.15) is 5.10 Å². The van der Waals surface area contributed by atoms with Crippen molar-refractivity contribution in [1.82, 2.24) is 5.43 Å². The van der Waals surface area contributed by atoms with Crippen LogP contribution in [-0.2, 0) is 11.2 Å². The maximum absolute atomic E-state index is 11.7. The van der Waals surface area contributed by atoms with Gasteiger partial charge in [-0.05, 0) is 60.4 Å². The summed E-state index contributed by atoms with van der Waals surface area (Å²) in [5, 5.41) is 13.1. The van der Waals surface area contributed by atoms with Crippen molar-refractivity contribution in [3.63, 3.8) is 0 Å². The molecule has 0 saturated carbocycles. The van der Waals surface area contributed by atoms with E-state index in [-0.39, 0.29) is 11.7 Å². The molecular weight excluding hydrogens is 292 g/mol. The number of carbonyl (C=O) groups excluding carboxylic acids is 1. The van der Waals surface area contributed by atoms with Gasteiger partial charge in [0.15, 0.2) is 0 Å². The normalized spacial score (nSPS) is 10.7. The Labute approximate surface area is 135 Å². The highest BCUT2D eigenvalue weighted by atomic mass is 16.5. The molecule has 5 heteroatoms. The molecule has 120 valence electrons. The Morgan fingerprint density at radius 3 is 2.52 bits per heavy atom. The molecule has 2 rings (SSSR count). The van der Waals surface area contributed by atoms with Gasteiger partial charge in [0.1, 0.15) is 11.5 Å². The van der Waals surface area contributed by atoms with E-state index in [0.717, 1.165) is 29.7 Å². The SMILES string of the molecule is COc1ccc(/C=N/NC(=O)CCCc2ccc(O)cc2)cc1. The highest BCUT2D eigenvalue weighted by molar-refractivity contribution is 5.82. The van der Waals surface area contributed by atoms with Gasteiger partial charge in [0.05, 0.1) is 13.3 Å². The molecule has 0 spiro atoms. The molecule has 2 aromatic carbocycles. The van der Waals surface area contributed by atoms with E-state index in [1.165, 1.54) is 0 Å². The van der Waals surface area contributed by atoms with E-state index in [0.29, 0.717) is 6.42 Å². The Balaban J connectivity index is 1.69. The van der Waals surface area contributed by atoms with Crippen LogP contribution in [0.5, 0.6) is 11.5 Å². The first-order valence-electron chi connectivity index (χ1n) is 7.41. The summed E-state index contributed by atoms with van der Waals surface area (Å²) >= 11 is 0. The number of hydrogen-bond donors (Lipinski definition) is 2. The zero-order valence-electron chi connectivity index (χ0n) is 13.0. The number of amides is 1. The smallest absolute Gasteiger partial charge is 0.240 e. The molecule has 5 nitrogen and oxygen atoms in total. The summed E-state index contributed by atoms with van der Waals surface area (Å²) in [7, 11) is 1.61. The largest absolute Gasteiger partial charge is 0.508 e. The standard InChI is InChI=1S/C18H20N2O3/c1-23-17-11-7-15(8-12-17)13-19-20-18(22)4-2-3-14-5-9-16(21)10-6-14/h5-13,21H,2-4H2,1H3,(H,20,22)/b19-13+. The first kappa shape index (κ1) is 16.5. The molecule has 2 N–H and O–H groups in total. The van der Waals surface area contributed by atoms with Crippen LogP contribution < -0.4 is 10.2 Å². The number of phenols is 1. The summed E-state index contributed by atoms with van der Waals surface area (Å²) in [6, 6.07) is 14.4. The second-order valence-electron chi connectivity index (χ2n) is 5.09. The Hall–Kier alpha value is -2.82. The predicted molar refractivity (Wildman–Crippen MR) is 89.8 cm³/mol. The first-order chi connectivity index (χ1) is 11.2. The number of carbonyl (C=O) groups is 1. The number of methoxy groups -OCH3 is 1. The average Bonchev–Trinajstić information content (AvgIpc) is 2.57. The molecule has 0 radical (unpaired) electrons. The molecule has 0 bridgehead atoms. The van der Waals surface area contributed by atoms with Gasteiger partial charge in [0, 0.05) is 6.42 Å². The third-order valence-corrected chi connectivity index (χ3v) is 3.32. The summed E-state index contributed by atoms with van der Waals surface area (Å²) in [4.78, 5) is 11.7. The average molecular weight is 312 g/mol. The molecule has 0 atom stereocenters. The van der Waals surface area contributed by atoms with Crippen molar-refractivity contribution in [2.75, 3.05) is 7.11 Å². The Bertz CT molecular complexity index is 649. The van der Waals surface area contributed by atoms with Crippen LogP contribution in [0, 0.1) is 0 Å². The van der Waals surface area contributed by atoms with Crippen LogP contribution in [0.2, 0.25) is 0 Å². The van der Waals surface area contributed by atoms with Crippen molar-refractivity contribution >= 4 is 12.1 Å². The van der Waals surface area contributed by atoms with Gasteiger partial charge in [0.2, 0.25) is 5.91 Å². The predicted octanol–water partition coefficient (Wildman–Crippen LogP) is 2.87. The Kier molecular flexibility index (Phi) is 6.17. The quantitative estimate of drug-likeness (QED) is 0.610. The number of phenolic OH excluding ortho intramolecular Hbond substituents is 1. The molecular formula is C18H20N2O3. The van der Waals surface area contributed by atoms with Crippen molar-refractivity contribution in [3.05, 3.63) is 59.7 Å². The molecule has 23 heavy (non-hydrogen) atoms. The number of rotatable bonds is 7. The molecule has 0 aliphatic rings. The third kappa shape index (κ3) is 5.82. The number of hydrogen-bond acceptors (Lipinski definition) is 4. The van der Waals surface area contributed by atoms with E-state index in [2.05, 4.69) is 10.5 Å². The van der Waals surface area contributed by atoms with Crippen LogP contribution >= 0.6 is 0 Å². The highest BCUT2D eigenvalue weighted by Gasteiger charge is 2.00. The highest BCUT2D eigenvalue weighted by Crippen LogP contribution is 2.12. The lowest BCUT2D eigenvalue weighted by molar-refractivity contribution is -0.121. The molecule has 0 aromatic heterocycles. The summed E-state index contributed by atoms with van der Waals surface area (Å²) in [5.41, 5.74) is 4.49. The van der Waals surface area contributed by atoms with E-state index in [9.17, 15) is 9.90 Å². The maximum atomic E-state index is 11.7. The van der Waals surface area contributed by atoms with E-state index in [1.54, 1.807) is 25.5 Å². The molecule has 0 aliphatic carbocycles. The van der Waals surface area contributed by atoms with Gasteiger partial charge >= 0.3 is 0 Å². The minimum absolute atomic E-state index is 0.117. The first-order valence-corrected chi connectivity index (χ1v) is 7.41. The Morgan fingerprint density at radius 2 is 1.87 bits per heavy atom.